The lowest BCUT2D eigenvalue weighted by Crippen LogP contribution is -2.28. The molecule has 1 saturated heterocycles. The van der Waals surface area contributed by atoms with Crippen LogP contribution in [0.4, 0.5) is 11.4 Å². The molecule has 2 aromatic carbocycles. The van der Waals surface area contributed by atoms with E-state index in [1.165, 1.54) is 0 Å². The Labute approximate surface area is 155 Å². The Bertz CT molecular complexity index is 808. The fourth-order valence-electron chi connectivity index (χ4n) is 2.72. The van der Waals surface area contributed by atoms with Gasteiger partial charge in [-0.05, 0) is 42.5 Å². The second kappa shape index (κ2) is 7.33. The van der Waals surface area contributed by atoms with E-state index in [-0.39, 0.29) is 18.2 Å². The number of carbonyl (C=O) groups is 2. The predicted molar refractivity (Wildman–Crippen MR) is 98.5 cm³/mol. The quantitative estimate of drug-likeness (QED) is 0.874. The van der Waals surface area contributed by atoms with E-state index in [1.807, 2.05) is 0 Å². The van der Waals surface area contributed by atoms with Crippen molar-refractivity contribution in [2.75, 3.05) is 23.9 Å². The van der Waals surface area contributed by atoms with Gasteiger partial charge in [-0.2, -0.15) is 0 Å². The first-order chi connectivity index (χ1) is 12.0. The Morgan fingerprint density at radius 1 is 1.20 bits per heavy atom. The van der Waals surface area contributed by atoms with Gasteiger partial charge in [0.25, 0.3) is 0 Å². The zero-order chi connectivity index (χ0) is 18.0. The average Bonchev–Trinajstić information content (AvgIpc) is 3.00. The molecule has 2 aromatic rings. The molecule has 0 radical (unpaired) electrons. The monoisotopic (exact) mass is 378 g/mol. The molecule has 2 amide bonds. The fraction of sp³-hybridized carbons (Fsp3) is 0.222. The lowest BCUT2D eigenvalue weighted by Gasteiger charge is -2.17. The van der Waals surface area contributed by atoms with Crippen LogP contribution >= 0.6 is 23.2 Å². The minimum absolute atomic E-state index is 0.0949. The maximum atomic E-state index is 12.5. The maximum absolute atomic E-state index is 12.5. The molecule has 0 aliphatic carbocycles. The highest BCUT2D eigenvalue weighted by Crippen LogP contribution is 2.29. The highest BCUT2D eigenvalue weighted by molar-refractivity contribution is 6.35. The van der Waals surface area contributed by atoms with Crippen LogP contribution in [0.2, 0.25) is 10.0 Å². The third-order valence-corrected chi connectivity index (χ3v) is 4.63. The zero-order valence-electron chi connectivity index (χ0n) is 13.5. The van der Waals surface area contributed by atoms with Gasteiger partial charge < -0.3 is 15.0 Å². The summed E-state index contributed by atoms with van der Waals surface area (Å²) in [5, 5.41) is 3.62. The summed E-state index contributed by atoms with van der Waals surface area (Å²) in [4.78, 5) is 26.4. The third-order valence-electron chi connectivity index (χ3n) is 4.07. The first-order valence-electron chi connectivity index (χ1n) is 7.68. The van der Waals surface area contributed by atoms with Crippen molar-refractivity contribution in [2.45, 2.75) is 6.42 Å². The van der Waals surface area contributed by atoms with Crippen molar-refractivity contribution in [3.05, 3.63) is 52.5 Å². The molecule has 0 saturated carbocycles. The lowest BCUT2D eigenvalue weighted by atomic mass is 10.1. The Balaban J connectivity index is 1.70. The number of anilines is 2. The van der Waals surface area contributed by atoms with Crippen LogP contribution in [-0.4, -0.2) is 25.5 Å². The Kier molecular flexibility index (Phi) is 5.16. The minimum Gasteiger partial charge on any atom is -0.497 e. The summed E-state index contributed by atoms with van der Waals surface area (Å²) in [7, 11) is 1.58. The predicted octanol–water partition coefficient (Wildman–Crippen LogP) is 3.99. The van der Waals surface area contributed by atoms with E-state index in [0.717, 1.165) is 5.69 Å². The second-order valence-corrected chi connectivity index (χ2v) is 6.56. The van der Waals surface area contributed by atoms with E-state index in [0.29, 0.717) is 28.0 Å². The number of nitrogens with one attached hydrogen (secondary N) is 1. The highest BCUT2D eigenvalue weighted by Gasteiger charge is 2.35. The molecule has 130 valence electrons. The summed E-state index contributed by atoms with van der Waals surface area (Å²) in [5.74, 6) is -0.0963. The summed E-state index contributed by atoms with van der Waals surface area (Å²) in [6.07, 6.45) is 0.149. The summed E-state index contributed by atoms with van der Waals surface area (Å²) in [6, 6.07) is 12.0. The number of hydrogen-bond acceptors (Lipinski definition) is 3. The van der Waals surface area contributed by atoms with Crippen LogP contribution in [-0.2, 0) is 9.59 Å². The van der Waals surface area contributed by atoms with Gasteiger partial charge in [-0.1, -0.05) is 23.2 Å². The molecule has 1 heterocycles. The van der Waals surface area contributed by atoms with E-state index in [2.05, 4.69) is 5.32 Å². The van der Waals surface area contributed by atoms with Crippen molar-refractivity contribution in [1.82, 2.24) is 0 Å². The molecule has 1 unspecified atom stereocenters. The van der Waals surface area contributed by atoms with Crippen LogP contribution in [0.5, 0.6) is 5.75 Å². The molecule has 5 nitrogen and oxygen atoms in total. The summed E-state index contributed by atoms with van der Waals surface area (Å²) in [5.41, 5.74) is 1.18. The standard InChI is InChI=1S/C18H16Cl2N2O3/c1-25-14-5-3-13(4-6-14)22-10-11(8-17(22)23)18(24)21-16-9-12(19)2-7-15(16)20/h2-7,9,11H,8,10H2,1H3,(H,21,24). The first-order valence-corrected chi connectivity index (χ1v) is 8.44. The maximum Gasteiger partial charge on any atom is 0.229 e. The summed E-state index contributed by atoms with van der Waals surface area (Å²) in [6.45, 7) is 0.315. The number of halogens is 2. The van der Waals surface area contributed by atoms with Crippen molar-refractivity contribution < 1.29 is 14.3 Å². The van der Waals surface area contributed by atoms with Crippen LogP contribution in [0.3, 0.4) is 0 Å². The molecule has 1 aliphatic heterocycles. The molecule has 1 atom stereocenters. The third kappa shape index (κ3) is 3.89. The van der Waals surface area contributed by atoms with Crippen molar-refractivity contribution >= 4 is 46.4 Å². The molecular weight excluding hydrogens is 363 g/mol. The van der Waals surface area contributed by atoms with E-state index in [1.54, 1.807) is 54.5 Å². The minimum atomic E-state index is -0.454. The van der Waals surface area contributed by atoms with E-state index in [4.69, 9.17) is 27.9 Å². The molecule has 1 fully saturated rings. The smallest absolute Gasteiger partial charge is 0.229 e. The lowest BCUT2D eigenvalue weighted by molar-refractivity contribution is -0.122. The topological polar surface area (TPSA) is 58.6 Å². The number of benzene rings is 2. The van der Waals surface area contributed by atoms with Crippen molar-refractivity contribution in [2.24, 2.45) is 5.92 Å². The van der Waals surface area contributed by atoms with E-state index in [9.17, 15) is 9.59 Å². The van der Waals surface area contributed by atoms with Gasteiger partial charge in [0.15, 0.2) is 0 Å². The van der Waals surface area contributed by atoms with Crippen molar-refractivity contribution in [3.63, 3.8) is 0 Å². The van der Waals surface area contributed by atoms with E-state index >= 15 is 0 Å². The van der Waals surface area contributed by atoms with Crippen LogP contribution in [0.25, 0.3) is 0 Å². The number of ether oxygens (including phenoxy) is 1. The van der Waals surface area contributed by atoms with Crippen LogP contribution < -0.4 is 15.0 Å². The van der Waals surface area contributed by atoms with Gasteiger partial charge in [0, 0.05) is 23.7 Å². The van der Waals surface area contributed by atoms with Crippen LogP contribution in [0.1, 0.15) is 6.42 Å². The Morgan fingerprint density at radius 3 is 2.60 bits per heavy atom. The number of methoxy groups -OCH3 is 1. The van der Waals surface area contributed by atoms with Crippen LogP contribution in [0.15, 0.2) is 42.5 Å². The number of hydrogen-bond donors (Lipinski definition) is 1. The van der Waals surface area contributed by atoms with Gasteiger partial charge in [-0.3, -0.25) is 9.59 Å². The first kappa shape index (κ1) is 17.6. The largest absolute Gasteiger partial charge is 0.497 e. The molecule has 0 spiro atoms. The fourth-order valence-corrected chi connectivity index (χ4v) is 3.06. The van der Waals surface area contributed by atoms with Crippen LogP contribution in [0, 0.1) is 5.92 Å². The van der Waals surface area contributed by atoms with Gasteiger partial charge in [-0.25, -0.2) is 0 Å². The molecule has 7 heteroatoms. The Hall–Kier alpha value is -2.24. The summed E-state index contributed by atoms with van der Waals surface area (Å²) >= 11 is 12.0. The molecule has 0 bridgehead atoms. The van der Waals surface area contributed by atoms with Gasteiger partial charge in [0.2, 0.25) is 11.8 Å². The average molecular weight is 379 g/mol. The highest BCUT2D eigenvalue weighted by atomic mass is 35.5. The SMILES string of the molecule is COc1ccc(N2CC(C(=O)Nc3cc(Cl)ccc3Cl)CC2=O)cc1. The summed E-state index contributed by atoms with van der Waals surface area (Å²) < 4.78 is 5.11. The normalized spacial score (nSPS) is 16.8. The van der Waals surface area contributed by atoms with Gasteiger partial charge in [0.1, 0.15) is 5.75 Å². The molecule has 25 heavy (non-hydrogen) atoms. The molecular formula is C18H16Cl2N2O3. The van der Waals surface area contributed by atoms with Gasteiger partial charge in [0.05, 0.1) is 23.7 Å². The number of amides is 2. The zero-order valence-corrected chi connectivity index (χ0v) is 15.0. The van der Waals surface area contributed by atoms with Crippen molar-refractivity contribution in [1.29, 1.82) is 0 Å². The molecule has 1 aliphatic rings. The molecule has 0 aromatic heterocycles. The molecule has 1 N–H and O–H groups in total. The molecule has 3 rings (SSSR count). The number of nitrogens with zero attached hydrogens (tertiary/aromatic N) is 1. The van der Waals surface area contributed by atoms with E-state index < -0.39 is 5.92 Å². The number of carbonyl (C=O) groups excluding carboxylic acids is 2. The Morgan fingerprint density at radius 2 is 1.92 bits per heavy atom. The van der Waals surface area contributed by atoms with Gasteiger partial charge >= 0.3 is 0 Å². The number of rotatable bonds is 4. The van der Waals surface area contributed by atoms with Crippen molar-refractivity contribution in [3.8, 4) is 5.75 Å². The second-order valence-electron chi connectivity index (χ2n) is 5.72. The van der Waals surface area contributed by atoms with Gasteiger partial charge in [-0.15, -0.1) is 0 Å².